The van der Waals surface area contributed by atoms with Crippen molar-refractivity contribution in [1.29, 1.82) is 0 Å². The minimum absolute atomic E-state index is 0.206. The molecule has 1 aromatic carbocycles. The molecule has 0 aromatic heterocycles. The van der Waals surface area contributed by atoms with Crippen LogP contribution in [-0.4, -0.2) is 6.04 Å². The average Bonchev–Trinajstić information content (AvgIpc) is 2.62. The summed E-state index contributed by atoms with van der Waals surface area (Å²) in [5.74, 6) is 1.16. The van der Waals surface area contributed by atoms with Gasteiger partial charge in [-0.3, -0.25) is 0 Å². The van der Waals surface area contributed by atoms with Crippen LogP contribution < -0.4 is 5.32 Å². The molecular weight excluding hydrogens is 237 g/mol. The lowest BCUT2D eigenvalue weighted by Crippen LogP contribution is -2.31. The van der Waals surface area contributed by atoms with Crippen LogP contribution in [0, 0.1) is 17.7 Å². The first-order valence-corrected chi connectivity index (χ1v) is 6.63. The van der Waals surface area contributed by atoms with E-state index >= 15 is 0 Å². The van der Waals surface area contributed by atoms with Crippen molar-refractivity contribution >= 4 is 11.6 Å². The molecule has 1 fully saturated rings. The third-order valence-electron chi connectivity index (χ3n) is 4.02. The molecule has 3 unspecified atom stereocenters. The summed E-state index contributed by atoms with van der Waals surface area (Å²) in [5, 5.41) is 3.75. The van der Waals surface area contributed by atoms with Crippen LogP contribution in [0.15, 0.2) is 18.2 Å². The molecule has 0 amide bonds. The molecule has 0 spiro atoms. The Balaban J connectivity index is 1.92. The molecule has 2 rings (SSSR count). The van der Waals surface area contributed by atoms with Gasteiger partial charge in [0.1, 0.15) is 5.82 Å². The van der Waals surface area contributed by atoms with Gasteiger partial charge in [0.2, 0.25) is 0 Å². The molecule has 0 aliphatic heterocycles. The third-order valence-corrected chi connectivity index (χ3v) is 4.31. The second kappa shape index (κ2) is 5.36. The summed E-state index contributed by atoms with van der Waals surface area (Å²) in [6.07, 6.45) is 2.53. The minimum Gasteiger partial charge on any atom is -0.310 e. The molecule has 3 heteroatoms. The van der Waals surface area contributed by atoms with Gasteiger partial charge in [-0.1, -0.05) is 31.5 Å². The summed E-state index contributed by atoms with van der Waals surface area (Å²) < 4.78 is 13.0. The maximum atomic E-state index is 13.0. The third kappa shape index (κ3) is 2.99. The van der Waals surface area contributed by atoms with E-state index in [0.717, 1.165) is 18.0 Å². The Labute approximate surface area is 107 Å². The summed E-state index contributed by atoms with van der Waals surface area (Å²) >= 11 is 5.76. The van der Waals surface area contributed by atoms with Crippen molar-refractivity contribution in [2.24, 2.45) is 11.8 Å². The van der Waals surface area contributed by atoms with Gasteiger partial charge in [-0.25, -0.2) is 4.39 Å². The Morgan fingerprint density at radius 2 is 2.12 bits per heavy atom. The number of nitrogens with one attached hydrogen (secondary N) is 1. The van der Waals surface area contributed by atoms with Gasteiger partial charge >= 0.3 is 0 Å². The van der Waals surface area contributed by atoms with E-state index < -0.39 is 0 Å². The Kier molecular flexibility index (Phi) is 4.05. The Bertz CT molecular complexity index is 394. The van der Waals surface area contributed by atoms with E-state index in [2.05, 4.69) is 19.2 Å². The second-order valence-electron chi connectivity index (χ2n) is 5.15. The van der Waals surface area contributed by atoms with Crippen molar-refractivity contribution in [1.82, 2.24) is 5.32 Å². The van der Waals surface area contributed by atoms with Gasteiger partial charge in [0.15, 0.2) is 0 Å². The number of hydrogen-bond donors (Lipinski definition) is 1. The zero-order chi connectivity index (χ0) is 12.4. The fraction of sp³-hybridized carbons (Fsp3) is 0.571. The summed E-state index contributed by atoms with van der Waals surface area (Å²) in [7, 11) is 0. The van der Waals surface area contributed by atoms with E-state index in [4.69, 9.17) is 11.6 Å². The zero-order valence-corrected chi connectivity index (χ0v) is 11.1. The number of rotatable bonds is 3. The van der Waals surface area contributed by atoms with Crippen LogP contribution in [0.25, 0.3) is 0 Å². The molecule has 1 N–H and O–H groups in total. The molecule has 1 aliphatic carbocycles. The lowest BCUT2D eigenvalue weighted by Gasteiger charge is -2.19. The maximum Gasteiger partial charge on any atom is 0.141 e. The predicted molar refractivity (Wildman–Crippen MR) is 69.6 cm³/mol. The molecule has 1 aromatic rings. The molecule has 1 nitrogen and oxygen atoms in total. The highest BCUT2D eigenvalue weighted by molar-refractivity contribution is 6.30. The Morgan fingerprint density at radius 3 is 2.71 bits per heavy atom. The highest BCUT2D eigenvalue weighted by Gasteiger charge is 2.28. The predicted octanol–water partition coefficient (Wildman–Crippen LogP) is 4.00. The molecule has 17 heavy (non-hydrogen) atoms. The van der Waals surface area contributed by atoms with Crippen molar-refractivity contribution < 1.29 is 4.39 Å². The molecule has 94 valence electrons. The van der Waals surface area contributed by atoms with Crippen LogP contribution in [0.5, 0.6) is 0 Å². The first-order chi connectivity index (χ1) is 8.08. The van der Waals surface area contributed by atoms with Gasteiger partial charge in [-0.15, -0.1) is 0 Å². The van der Waals surface area contributed by atoms with Crippen molar-refractivity contribution in [2.45, 2.75) is 39.3 Å². The highest BCUT2D eigenvalue weighted by atomic mass is 35.5. The quantitative estimate of drug-likeness (QED) is 0.861. The minimum atomic E-state index is -0.349. The van der Waals surface area contributed by atoms with Gasteiger partial charge < -0.3 is 5.32 Å². The monoisotopic (exact) mass is 255 g/mol. The topological polar surface area (TPSA) is 12.0 Å². The van der Waals surface area contributed by atoms with Crippen LogP contribution in [0.1, 0.15) is 32.3 Å². The van der Waals surface area contributed by atoms with Crippen LogP contribution in [-0.2, 0) is 6.54 Å². The molecule has 0 heterocycles. The van der Waals surface area contributed by atoms with Crippen molar-refractivity contribution in [3.63, 3.8) is 0 Å². The standard InChI is InChI=1S/C14H19ClFN/c1-9-3-6-14(10(9)2)17-8-11-4-5-13(16)12(15)7-11/h4-5,7,9-10,14,17H,3,6,8H2,1-2H3. The van der Waals surface area contributed by atoms with Crippen molar-refractivity contribution in [2.75, 3.05) is 0 Å². The number of halogens is 2. The van der Waals surface area contributed by atoms with E-state index in [1.807, 2.05) is 0 Å². The fourth-order valence-corrected chi connectivity index (χ4v) is 2.75. The van der Waals surface area contributed by atoms with Crippen molar-refractivity contribution in [3.05, 3.63) is 34.6 Å². The van der Waals surface area contributed by atoms with Gasteiger partial charge in [-0.2, -0.15) is 0 Å². The average molecular weight is 256 g/mol. The van der Waals surface area contributed by atoms with Crippen LogP contribution >= 0.6 is 11.6 Å². The highest BCUT2D eigenvalue weighted by Crippen LogP contribution is 2.31. The molecule has 3 atom stereocenters. The van der Waals surface area contributed by atoms with E-state index in [1.165, 1.54) is 18.9 Å². The molecule has 1 aliphatic rings. The summed E-state index contributed by atoms with van der Waals surface area (Å²) in [6, 6.07) is 5.50. The lowest BCUT2D eigenvalue weighted by atomic mass is 9.98. The summed E-state index contributed by atoms with van der Waals surface area (Å²) in [4.78, 5) is 0. The Morgan fingerprint density at radius 1 is 1.35 bits per heavy atom. The van der Waals surface area contributed by atoms with Gasteiger partial charge in [0.05, 0.1) is 5.02 Å². The maximum absolute atomic E-state index is 13.0. The zero-order valence-electron chi connectivity index (χ0n) is 10.3. The number of benzene rings is 1. The summed E-state index contributed by atoms with van der Waals surface area (Å²) in [5.41, 5.74) is 1.04. The molecule has 0 saturated heterocycles. The van der Waals surface area contributed by atoms with Gasteiger partial charge in [0, 0.05) is 12.6 Å². The van der Waals surface area contributed by atoms with Crippen LogP contribution in [0.4, 0.5) is 4.39 Å². The van der Waals surface area contributed by atoms with Gasteiger partial charge in [-0.05, 0) is 42.4 Å². The molecule has 0 bridgehead atoms. The number of hydrogen-bond acceptors (Lipinski definition) is 1. The Hall–Kier alpha value is -0.600. The van der Waals surface area contributed by atoms with Crippen LogP contribution in [0.2, 0.25) is 5.02 Å². The van der Waals surface area contributed by atoms with E-state index in [1.54, 1.807) is 12.1 Å². The summed E-state index contributed by atoms with van der Waals surface area (Å²) in [6.45, 7) is 5.37. The van der Waals surface area contributed by atoms with E-state index in [0.29, 0.717) is 12.0 Å². The first-order valence-electron chi connectivity index (χ1n) is 6.25. The van der Waals surface area contributed by atoms with Crippen molar-refractivity contribution in [3.8, 4) is 0 Å². The lowest BCUT2D eigenvalue weighted by molar-refractivity contribution is 0.370. The largest absolute Gasteiger partial charge is 0.310 e. The molecule has 1 saturated carbocycles. The smallest absolute Gasteiger partial charge is 0.141 e. The fourth-order valence-electron chi connectivity index (χ4n) is 2.55. The molecule has 0 radical (unpaired) electrons. The SMILES string of the molecule is CC1CCC(NCc2ccc(F)c(Cl)c2)C1C. The van der Waals surface area contributed by atoms with E-state index in [9.17, 15) is 4.39 Å². The van der Waals surface area contributed by atoms with Crippen LogP contribution in [0.3, 0.4) is 0 Å². The normalized spacial score (nSPS) is 28.6. The second-order valence-corrected chi connectivity index (χ2v) is 5.56. The first kappa shape index (κ1) is 12.8. The van der Waals surface area contributed by atoms with Gasteiger partial charge in [0.25, 0.3) is 0 Å². The van der Waals surface area contributed by atoms with E-state index in [-0.39, 0.29) is 10.8 Å². The molecular formula is C14H19ClFN.